The standard InChI is InChI=1S/C28H31NO/c1-22-10-12-25(13-11-22)28(23(2)24-8-4-3-5-9-24)26-14-16-27(17-15-26)30-21-20-29-18-6-7-19-29/h3-5,8-17H,6-7,18-21H2,1-2H3/b28-23-. The number of rotatable bonds is 7. The smallest absolute Gasteiger partial charge is 0.119 e. The minimum Gasteiger partial charge on any atom is -0.492 e. The first-order valence-electron chi connectivity index (χ1n) is 11.0. The molecule has 3 aromatic carbocycles. The molecule has 0 radical (unpaired) electrons. The average Bonchev–Trinajstić information content (AvgIpc) is 3.30. The molecular formula is C28H31NO. The van der Waals surface area contributed by atoms with Gasteiger partial charge in [0.25, 0.3) is 0 Å². The lowest BCUT2D eigenvalue weighted by atomic mass is 9.90. The van der Waals surface area contributed by atoms with Gasteiger partial charge in [0.05, 0.1) is 0 Å². The molecule has 2 nitrogen and oxygen atoms in total. The van der Waals surface area contributed by atoms with Crippen molar-refractivity contribution in [1.82, 2.24) is 4.90 Å². The van der Waals surface area contributed by atoms with E-state index in [9.17, 15) is 0 Å². The van der Waals surface area contributed by atoms with Crippen molar-refractivity contribution in [3.8, 4) is 5.75 Å². The molecule has 1 aliphatic heterocycles. The molecule has 0 unspecified atom stereocenters. The topological polar surface area (TPSA) is 12.5 Å². The Morgan fingerprint density at radius 3 is 2.00 bits per heavy atom. The SMILES string of the molecule is C/C(=C(\c1ccc(C)cc1)c1ccc(OCCN2CCCC2)cc1)c1ccccc1. The second-order valence-electron chi connectivity index (χ2n) is 8.15. The molecule has 0 saturated carbocycles. The van der Waals surface area contributed by atoms with Crippen molar-refractivity contribution in [1.29, 1.82) is 0 Å². The van der Waals surface area contributed by atoms with E-state index in [0.717, 1.165) is 18.9 Å². The molecule has 1 aliphatic rings. The zero-order chi connectivity index (χ0) is 20.8. The monoisotopic (exact) mass is 397 g/mol. The summed E-state index contributed by atoms with van der Waals surface area (Å²) < 4.78 is 6.01. The van der Waals surface area contributed by atoms with Crippen LogP contribution in [0.15, 0.2) is 78.9 Å². The molecule has 0 amide bonds. The van der Waals surface area contributed by atoms with Crippen LogP contribution in [0.25, 0.3) is 11.1 Å². The summed E-state index contributed by atoms with van der Waals surface area (Å²) in [5, 5.41) is 0. The van der Waals surface area contributed by atoms with E-state index in [0.29, 0.717) is 0 Å². The number of likely N-dealkylation sites (tertiary alicyclic amines) is 1. The van der Waals surface area contributed by atoms with Crippen molar-refractivity contribution in [3.05, 3.63) is 101 Å². The van der Waals surface area contributed by atoms with Gasteiger partial charge in [-0.15, -0.1) is 0 Å². The molecule has 4 rings (SSSR count). The molecule has 0 bridgehead atoms. The molecule has 2 heteroatoms. The van der Waals surface area contributed by atoms with Gasteiger partial charge in [-0.3, -0.25) is 4.90 Å². The van der Waals surface area contributed by atoms with Crippen LogP contribution in [-0.2, 0) is 0 Å². The third kappa shape index (κ3) is 5.01. The summed E-state index contributed by atoms with van der Waals surface area (Å²) in [7, 11) is 0. The van der Waals surface area contributed by atoms with Crippen LogP contribution in [0.4, 0.5) is 0 Å². The summed E-state index contributed by atoms with van der Waals surface area (Å²) in [5.41, 5.74) is 7.53. The maximum absolute atomic E-state index is 6.01. The minimum atomic E-state index is 0.753. The van der Waals surface area contributed by atoms with E-state index in [1.54, 1.807) is 0 Å². The Morgan fingerprint density at radius 2 is 1.37 bits per heavy atom. The number of benzene rings is 3. The van der Waals surface area contributed by atoms with Gasteiger partial charge >= 0.3 is 0 Å². The predicted molar refractivity (Wildman–Crippen MR) is 127 cm³/mol. The molecule has 154 valence electrons. The molecular weight excluding hydrogens is 366 g/mol. The van der Waals surface area contributed by atoms with Gasteiger partial charge in [-0.25, -0.2) is 0 Å². The minimum absolute atomic E-state index is 0.753. The van der Waals surface area contributed by atoms with E-state index < -0.39 is 0 Å². The van der Waals surface area contributed by atoms with E-state index in [1.807, 2.05) is 0 Å². The summed E-state index contributed by atoms with van der Waals surface area (Å²) in [6.45, 7) is 8.54. The molecule has 30 heavy (non-hydrogen) atoms. The molecule has 0 atom stereocenters. The summed E-state index contributed by atoms with van der Waals surface area (Å²) in [6, 6.07) is 28.0. The van der Waals surface area contributed by atoms with Crippen LogP contribution >= 0.6 is 0 Å². The predicted octanol–water partition coefficient (Wildman–Crippen LogP) is 6.45. The number of hydrogen-bond donors (Lipinski definition) is 0. The maximum atomic E-state index is 6.01. The fraction of sp³-hybridized carbons (Fsp3) is 0.286. The van der Waals surface area contributed by atoms with Gasteiger partial charge in [0.1, 0.15) is 12.4 Å². The van der Waals surface area contributed by atoms with Crippen LogP contribution in [0.1, 0.15) is 42.0 Å². The van der Waals surface area contributed by atoms with Crippen molar-refractivity contribution >= 4 is 11.1 Å². The number of allylic oxidation sites excluding steroid dienone is 1. The molecule has 0 N–H and O–H groups in total. The number of nitrogens with zero attached hydrogens (tertiary/aromatic N) is 1. The summed E-state index contributed by atoms with van der Waals surface area (Å²) >= 11 is 0. The van der Waals surface area contributed by atoms with Gasteiger partial charge in [0.15, 0.2) is 0 Å². The highest BCUT2D eigenvalue weighted by atomic mass is 16.5. The largest absolute Gasteiger partial charge is 0.492 e. The molecule has 0 aliphatic carbocycles. The lowest BCUT2D eigenvalue weighted by Crippen LogP contribution is -2.25. The van der Waals surface area contributed by atoms with E-state index in [-0.39, 0.29) is 0 Å². The zero-order valence-electron chi connectivity index (χ0n) is 18.1. The molecule has 1 fully saturated rings. The Morgan fingerprint density at radius 1 is 0.767 bits per heavy atom. The van der Waals surface area contributed by atoms with Crippen molar-refractivity contribution in [2.24, 2.45) is 0 Å². The van der Waals surface area contributed by atoms with Gasteiger partial charge in [-0.05, 0) is 79.7 Å². The van der Waals surface area contributed by atoms with Crippen LogP contribution in [0.5, 0.6) is 5.75 Å². The lowest BCUT2D eigenvalue weighted by Gasteiger charge is -2.16. The van der Waals surface area contributed by atoms with Crippen LogP contribution in [0, 0.1) is 6.92 Å². The molecule has 3 aromatic rings. The van der Waals surface area contributed by atoms with E-state index in [4.69, 9.17) is 4.74 Å². The Bertz CT molecular complexity index is 965. The average molecular weight is 398 g/mol. The Labute approximate surface area is 180 Å². The van der Waals surface area contributed by atoms with Crippen molar-refractivity contribution in [3.63, 3.8) is 0 Å². The Balaban J connectivity index is 1.58. The number of ether oxygens (including phenoxy) is 1. The summed E-state index contributed by atoms with van der Waals surface area (Å²) in [5.74, 6) is 0.943. The molecule has 0 spiro atoms. The second-order valence-corrected chi connectivity index (χ2v) is 8.15. The first-order chi connectivity index (χ1) is 14.7. The third-order valence-corrected chi connectivity index (χ3v) is 5.94. The van der Waals surface area contributed by atoms with E-state index in [2.05, 4.69) is 97.6 Å². The highest BCUT2D eigenvalue weighted by molar-refractivity contribution is 5.97. The van der Waals surface area contributed by atoms with Crippen molar-refractivity contribution in [2.75, 3.05) is 26.2 Å². The van der Waals surface area contributed by atoms with Crippen LogP contribution in [-0.4, -0.2) is 31.1 Å². The quantitative estimate of drug-likeness (QED) is 0.425. The highest BCUT2D eigenvalue weighted by Gasteiger charge is 2.12. The van der Waals surface area contributed by atoms with E-state index in [1.165, 1.54) is 59.3 Å². The molecule has 0 aromatic heterocycles. The second kappa shape index (κ2) is 9.77. The third-order valence-electron chi connectivity index (χ3n) is 5.94. The van der Waals surface area contributed by atoms with Crippen LogP contribution in [0.3, 0.4) is 0 Å². The first-order valence-corrected chi connectivity index (χ1v) is 11.0. The Hall–Kier alpha value is -2.84. The zero-order valence-corrected chi connectivity index (χ0v) is 18.1. The van der Waals surface area contributed by atoms with Gasteiger partial charge in [0, 0.05) is 6.54 Å². The molecule has 1 saturated heterocycles. The summed E-state index contributed by atoms with van der Waals surface area (Å²) in [6.07, 6.45) is 2.65. The van der Waals surface area contributed by atoms with E-state index >= 15 is 0 Å². The first kappa shape index (κ1) is 20.4. The number of hydrogen-bond acceptors (Lipinski definition) is 2. The fourth-order valence-corrected chi connectivity index (χ4v) is 4.17. The normalized spacial score (nSPS) is 15.1. The van der Waals surface area contributed by atoms with Gasteiger partial charge in [0.2, 0.25) is 0 Å². The van der Waals surface area contributed by atoms with Crippen molar-refractivity contribution < 1.29 is 4.74 Å². The number of aryl methyl sites for hydroxylation is 1. The lowest BCUT2D eigenvalue weighted by molar-refractivity contribution is 0.238. The maximum Gasteiger partial charge on any atom is 0.119 e. The fourth-order valence-electron chi connectivity index (χ4n) is 4.17. The van der Waals surface area contributed by atoms with Crippen LogP contribution in [0.2, 0.25) is 0 Å². The highest BCUT2D eigenvalue weighted by Crippen LogP contribution is 2.33. The van der Waals surface area contributed by atoms with Gasteiger partial charge in [-0.1, -0.05) is 72.3 Å². The van der Waals surface area contributed by atoms with Gasteiger partial charge in [-0.2, -0.15) is 0 Å². The van der Waals surface area contributed by atoms with Crippen molar-refractivity contribution in [2.45, 2.75) is 26.7 Å². The van der Waals surface area contributed by atoms with Crippen LogP contribution < -0.4 is 4.74 Å². The van der Waals surface area contributed by atoms with Gasteiger partial charge < -0.3 is 4.74 Å². The summed E-state index contributed by atoms with van der Waals surface area (Å²) in [4.78, 5) is 2.48. The molecule has 1 heterocycles. The Kier molecular flexibility index (Phi) is 6.66.